The number of hydrogen-bond donors (Lipinski definition) is 1. The molecular weight excluding hydrogens is 196 g/mol. The molecule has 16 heavy (non-hydrogen) atoms. The SMILES string of the molecule is CC1(C)C(CNC2CCCC2C#N)C1(C)C. The third-order valence-electron chi connectivity index (χ3n) is 5.59. The average molecular weight is 220 g/mol. The van der Waals surface area contributed by atoms with E-state index in [0.717, 1.165) is 18.9 Å². The first-order valence-electron chi connectivity index (χ1n) is 6.54. The monoisotopic (exact) mass is 220 g/mol. The largest absolute Gasteiger partial charge is 0.312 e. The summed E-state index contributed by atoms with van der Waals surface area (Å²) in [6.07, 6.45) is 3.49. The van der Waals surface area contributed by atoms with Crippen molar-refractivity contribution in [3.63, 3.8) is 0 Å². The van der Waals surface area contributed by atoms with Gasteiger partial charge in [-0.25, -0.2) is 0 Å². The normalized spacial score (nSPS) is 35.9. The van der Waals surface area contributed by atoms with Crippen molar-refractivity contribution in [3.05, 3.63) is 0 Å². The Morgan fingerprint density at radius 1 is 1.19 bits per heavy atom. The molecule has 0 spiro atoms. The van der Waals surface area contributed by atoms with Gasteiger partial charge in [0, 0.05) is 6.04 Å². The maximum atomic E-state index is 9.03. The summed E-state index contributed by atoms with van der Waals surface area (Å²) in [5.74, 6) is 1.02. The van der Waals surface area contributed by atoms with Crippen molar-refractivity contribution in [2.75, 3.05) is 6.54 Å². The highest BCUT2D eigenvalue weighted by Crippen LogP contribution is 2.68. The van der Waals surface area contributed by atoms with Gasteiger partial charge in [0.2, 0.25) is 0 Å². The smallest absolute Gasteiger partial charge is 0.0672 e. The molecule has 0 aromatic carbocycles. The molecule has 0 aliphatic heterocycles. The molecule has 0 bridgehead atoms. The van der Waals surface area contributed by atoms with Gasteiger partial charge in [-0.05, 0) is 36.1 Å². The number of hydrogen-bond acceptors (Lipinski definition) is 2. The van der Waals surface area contributed by atoms with E-state index in [0.29, 0.717) is 16.9 Å². The molecule has 0 saturated heterocycles. The molecule has 90 valence electrons. The zero-order valence-electron chi connectivity index (χ0n) is 11.0. The summed E-state index contributed by atoms with van der Waals surface area (Å²) >= 11 is 0. The fourth-order valence-electron chi connectivity index (χ4n) is 3.47. The Bertz CT molecular complexity index is 297. The minimum absolute atomic E-state index is 0.255. The number of nitrogens with one attached hydrogen (secondary N) is 1. The average Bonchev–Trinajstić information content (AvgIpc) is 2.59. The van der Waals surface area contributed by atoms with Gasteiger partial charge in [0.05, 0.1) is 12.0 Å². The number of rotatable bonds is 3. The van der Waals surface area contributed by atoms with Gasteiger partial charge in [0.1, 0.15) is 0 Å². The third-order valence-corrected chi connectivity index (χ3v) is 5.59. The Hall–Kier alpha value is -0.550. The first-order valence-corrected chi connectivity index (χ1v) is 6.54. The van der Waals surface area contributed by atoms with Gasteiger partial charge < -0.3 is 5.32 Å². The summed E-state index contributed by atoms with van der Waals surface area (Å²) in [6, 6.07) is 2.89. The zero-order valence-corrected chi connectivity index (χ0v) is 11.0. The molecule has 0 aromatic heterocycles. The van der Waals surface area contributed by atoms with Gasteiger partial charge >= 0.3 is 0 Å². The summed E-state index contributed by atoms with van der Waals surface area (Å²) in [4.78, 5) is 0. The second kappa shape index (κ2) is 3.74. The third kappa shape index (κ3) is 1.66. The molecule has 0 aromatic rings. The molecule has 2 nitrogen and oxygen atoms in total. The van der Waals surface area contributed by atoms with Crippen LogP contribution >= 0.6 is 0 Å². The van der Waals surface area contributed by atoms with E-state index in [1.165, 1.54) is 12.8 Å². The molecule has 2 aliphatic rings. The van der Waals surface area contributed by atoms with Crippen LogP contribution in [0.1, 0.15) is 47.0 Å². The van der Waals surface area contributed by atoms with Crippen LogP contribution in [-0.2, 0) is 0 Å². The summed E-state index contributed by atoms with van der Waals surface area (Å²) in [5.41, 5.74) is 0.918. The molecule has 0 heterocycles. The number of nitriles is 1. The van der Waals surface area contributed by atoms with E-state index in [1.54, 1.807) is 0 Å². The van der Waals surface area contributed by atoms with E-state index in [4.69, 9.17) is 5.26 Å². The highest BCUT2D eigenvalue weighted by atomic mass is 15.0. The standard InChI is InChI=1S/C14H24N2/c1-13(2)12(14(13,3)4)9-16-11-7-5-6-10(11)8-15/h10-12,16H,5-7,9H2,1-4H3. The predicted octanol–water partition coefficient (Wildman–Crippen LogP) is 2.95. The molecule has 2 saturated carbocycles. The second-order valence-electron chi connectivity index (χ2n) is 6.68. The molecule has 2 atom stereocenters. The van der Waals surface area contributed by atoms with Crippen molar-refractivity contribution < 1.29 is 0 Å². The maximum Gasteiger partial charge on any atom is 0.0672 e. The Labute approximate surface area is 99.4 Å². The van der Waals surface area contributed by atoms with Gasteiger partial charge in [-0.1, -0.05) is 34.1 Å². The molecule has 0 amide bonds. The van der Waals surface area contributed by atoms with Crippen molar-refractivity contribution in [1.29, 1.82) is 5.26 Å². The fourth-order valence-corrected chi connectivity index (χ4v) is 3.47. The molecule has 2 unspecified atom stereocenters. The Balaban J connectivity index is 1.84. The van der Waals surface area contributed by atoms with E-state index in [2.05, 4.69) is 39.1 Å². The second-order valence-corrected chi connectivity index (χ2v) is 6.68. The lowest BCUT2D eigenvalue weighted by Gasteiger charge is -2.16. The van der Waals surface area contributed by atoms with Crippen molar-refractivity contribution in [2.45, 2.75) is 53.0 Å². The Morgan fingerprint density at radius 2 is 1.81 bits per heavy atom. The Morgan fingerprint density at radius 3 is 2.31 bits per heavy atom. The maximum absolute atomic E-state index is 9.03. The summed E-state index contributed by atoms with van der Waals surface area (Å²) in [6.45, 7) is 10.5. The van der Waals surface area contributed by atoms with E-state index < -0.39 is 0 Å². The fraction of sp³-hybridized carbons (Fsp3) is 0.929. The highest BCUT2D eigenvalue weighted by molar-refractivity contribution is 5.13. The van der Waals surface area contributed by atoms with Crippen LogP contribution in [0, 0.1) is 34.0 Å². The number of nitrogens with zero attached hydrogens (tertiary/aromatic N) is 1. The first-order chi connectivity index (χ1) is 7.41. The minimum Gasteiger partial charge on any atom is -0.312 e. The van der Waals surface area contributed by atoms with Crippen LogP contribution < -0.4 is 5.32 Å². The lowest BCUT2D eigenvalue weighted by molar-refractivity contribution is 0.427. The predicted molar refractivity (Wildman–Crippen MR) is 65.8 cm³/mol. The lowest BCUT2D eigenvalue weighted by Crippen LogP contribution is -2.34. The molecule has 1 N–H and O–H groups in total. The van der Waals surface area contributed by atoms with Crippen LogP contribution in [0.5, 0.6) is 0 Å². The van der Waals surface area contributed by atoms with E-state index in [1.807, 2.05) is 0 Å². The molecule has 2 fully saturated rings. The van der Waals surface area contributed by atoms with Crippen LogP contribution in [0.15, 0.2) is 0 Å². The van der Waals surface area contributed by atoms with Crippen molar-refractivity contribution in [3.8, 4) is 6.07 Å². The van der Waals surface area contributed by atoms with Crippen LogP contribution in [0.2, 0.25) is 0 Å². The molecule has 2 rings (SSSR count). The molecule has 0 radical (unpaired) electrons. The highest BCUT2D eigenvalue weighted by Gasteiger charge is 2.64. The summed E-state index contributed by atoms with van der Waals surface area (Å²) < 4.78 is 0. The van der Waals surface area contributed by atoms with Gasteiger partial charge in [-0.3, -0.25) is 0 Å². The van der Waals surface area contributed by atoms with Gasteiger partial charge in [0.25, 0.3) is 0 Å². The summed E-state index contributed by atoms with van der Waals surface area (Å²) in [5, 5.41) is 12.7. The first kappa shape index (κ1) is 11.9. The zero-order chi connectivity index (χ0) is 12.0. The van der Waals surface area contributed by atoms with Crippen LogP contribution in [0.3, 0.4) is 0 Å². The van der Waals surface area contributed by atoms with Crippen molar-refractivity contribution >= 4 is 0 Å². The van der Waals surface area contributed by atoms with Crippen molar-refractivity contribution in [2.24, 2.45) is 22.7 Å². The van der Waals surface area contributed by atoms with Gasteiger partial charge in [-0.2, -0.15) is 5.26 Å². The minimum atomic E-state index is 0.255. The van der Waals surface area contributed by atoms with E-state index in [9.17, 15) is 0 Å². The van der Waals surface area contributed by atoms with Crippen LogP contribution in [0.25, 0.3) is 0 Å². The molecule has 2 heteroatoms. The Kier molecular flexibility index (Phi) is 2.78. The topological polar surface area (TPSA) is 35.8 Å². The van der Waals surface area contributed by atoms with E-state index >= 15 is 0 Å². The van der Waals surface area contributed by atoms with Gasteiger partial charge in [-0.15, -0.1) is 0 Å². The van der Waals surface area contributed by atoms with Crippen LogP contribution in [-0.4, -0.2) is 12.6 Å². The summed E-state index contributed by atoms with van der Waals surface area (Å²) in [7, 11) is 0. The van der Waals surface area contributed by atoms with E-state index in [-0.39, 0.29) is 5.92 Å². The van der Waals surface area contributed by atoms with Gasteiger partial charge in [0.15, 0.2) is 0 Å². The van der Waals surface area contributed by atoms with Crippen molar-refractivity contribution in [1.82, 2.24) is 5.32 Å². The quantitative estimate of drug-likeness (QED) is 0.793. The van der Waals surface area contributed by atoms with Crippen LogP contribution in [0.4, 0.5) is 0 Å². The molecule has 2 aliphatic carbocycles. The molecular formula is C14H24N2. The lowest BCUT2D eigenvalue weighted by atomic mass is 10.0.